The first-order chi connectivity index (χ1) is 18.8. The SMILES string of the molecule is C=C(C)C(=O)Nc1ccc(-c2c(-c3ccc(C(=O)N4CCCC(OC)C4)cc3)c3c(N)ncnc3n2C)cc1. The van der Waals surface area contributed by atoms with E-state index in [-0.39, 0.29) is 17.9 Å². The van der Waals surface area contributed by atoms with Gasteiger partial charge in [0.1, 0.15) is 17.8 Å². The maximum absolute atomic E-state index is 13.2. The summed E-state index contributed by atoms with van der Waals surface area (Å²) in [4.78, 5) is 35.9. The minimum absolute atomic E-state index is 0.00307. The molecule has 5 rings (SSSR count). The number of rotatable bonds is 6. The minimum Gasteiger partial charge on any atom is -0.383 e. The second-order valence-electron chi connectivity index (χ2n) is 9.88. The average molecular weight is 525 g/mol. The molecule has 1 aliphatic heterocycles. The number of likely N-dealkylation sites (tertiary alicyclic amines) is 1. The molecule has 0 spiro atoms. The number of nitrogens with zero attached hydrogens (tertiary/aromatic N) is 4. The lowest BCUT2D eigenvalue weighted by atomic mass is 9.97. The third kappa shape index (κ3) is 5.00. The first-order valence-corrected chi connectivity index (χ1v) is 12.9. The summed E-state index contributed by atoms with van der Waals surface area (Å²) in [5.74, 6) is 0.144. The predicted octanol–water partition coefficient (Wildman–Crippen LogP) is 4.65. The number of carbonyl (C=O) groups is 2. The van der Waals surface area contributed by atoms with Gasteiger partial charge in [0.2, 0.25) is 0 Å². The molecule has 1 fully saturated rings. The fourth-order valence-corrected chi connectivity index (χ4v) is 5.12. The van der Waals surface area contributed by atoms with E-state index in [0.717, 1.165) is 47.2 Å². The molecule has 1 unspecified atom stereocenters. The summed E-state index contributed by atoms with van der Waals surface area (Å²) in [6.07, 6.45) is 3.42. The summed E-state index contributed by atoms with van der Waals surface area (Å²) >= 11 is 0. The number of ether oxygens (including phenoxy) is 1. The van der Waals surface area contributed by atoms with Crippen LogP contribution in [0.4, 0.5) is 11.5 Å². The zero-order valence-electron chi connectivity index (χ0n) is 22.4. The number of aromatic nitrogens is 3. The van der Waals surface area contributed by atoms with Crippen molar-refractivity contribution < 1.29 is 14.3 Å². The standard InChI is InChI=1S/C30H32N6O3/c1-18(2)29(37)34-22-13-11-20(12-14-22)26-24(25-27(31)32-17-33-28(25)35(26)3)19-7-9-21(10-8-19)30(38)36-15-5-6-23(16-36)39-4/h7-14,17,23H,1,5-6,15-16H2,2-4H3,(H,34,37)(H2,31,32,33). The van der Waals surface area contributed by atoms with Crippen LogP contribution in [0.1, 0.15) is 30.1 Å². The lowest BCUT2D eigenvalue weighted by molar-refractivity contribution is -0.112. The first-order valence-electron chi connectivity index (χ1n) is 12.9. The molecule has 0 aliphatic carbocycles. The van der Waals surface area contributed by atoms with E-state index in [0.29, 0.717) is 34.8 Å². The van der Waals surface area contributed by atoms with Crippen molar-refractivity contribution in [3.63, 3.8) is 0 Å². The molecule has 0 bridgehead atoms. The monoisotopic (exact) mass is 524 g/mol. The largest absolute Gasteiger partial charge is 0.383 e. The van der Waals surface area contributed by atoms with E-state index in [1.54, 1.807) is 14.0 Å². The van der Waals surface area contributed by atoms with Gasteiger partial charge in [-0.1, -0.05) is 30.8 Å². The number of nitrogens with two attached hydrogens (primary N) is 1. The number of hydrogen-bond acceptors (Lipinski definition) is 6. The Balaban J connectivity index is 1.54. The Kier molecular flexibility index (Phi) is 7.17. The van der Waals surface area contributed by atoms with Crippen LogP contribution in [0.2, 0.25) is 0 Å². The van der Waals surface area contributed by atoms with Crippen molar-refractivity contribution in [2.45, 2.75) is 25.9 Å². The Morgan fingerprint density at radius 3 is 2.44 bits per heavy atom. The van der Waals surface area contributed by atoms with Crippen molar-refractivity contribution in [3.05, 3.63) is 72.6 Å². The summed E-state index contributed by atoms with van der Waals surface area (Å²) in [7, 11) is 3.63. The van der Waals surface area contributed by atoms with Gasteiger partial charge in [0.05, 0.1) is 17.2 Å². The minimum atomic E-state index is -0.229. The molecule has 0 radical (unpaired) electrons. The smallest absolute Gasteiger partial charge is 0.253 e. The molecule has 2 aromatic carbocycles. The van der Waals surface area contributed by atoms with Crippen molar-refractivity contribution in [2.24, 2.45) is 7.05 Å². The molecule has 200 valence electrons. The molecule has 9 nitrogen and oxygen atoms in total. The van der Waals surface area contributed by atoms with Gasteiger partial charge in [-0.05, 0) is 55.2 Å². The van der Waals surface area contributed by atoms with E-state index in [2.05, 4.69) is 21.9 Å². The zero-order valence-corrected chi connectivity index (χ0v) is 22.4. The van der Waals surface area contributed by atoms with Gasteiger partial charge in [-0.15, -0.1) is 0 Å². The van der Waals surface area contributed by atoms with E-state index in [1.807, 2.05) is 65.0 Å². The van der Waals surface area contributed by atoms with E-state index < -0.39 is 0 Å². The van der Waals surface area contributed by atoms with Gasteiger partial charge < -0.3 is 25.3 Å². The average Bonchev–Trinajstić information content (AvgIpc) is 3.26. The Morgan fingerprint density at radius 2 is 1.77 bits per heavy atom. The first kappa shape index (κ1) is 26.1. The Labute approximate surface area is 227 Å². The van der Waals surface area contributed by atoms with Gasteiger partial charge in [-0.2, -0.15) is 0 Å². The van der Waals surface area contributed by atoms with Crippen molar-refractivity contribution in [3.8, 4) is 22.4 Å². The van der Waals surface area contributed by atoms with Crippen LogP contribution in [0, 0.1) is 0 Å². The van der Waals surface area contributed by atoms with Crippen LogP contribution in [0.15, 0.2) is 67.0 Å². The highest BCUT2D eigenvalue weighted by atomic mass is 16.5. The number of hydrogen-bond donors (Lipinski definition) is 2. The highest BCUT2D eigenvalue weighted by Crippen LogP contribution is 2.41. The van der Waals surface area contributed by atoms with Crippen molar-refractivity contribution >= 4 is 34.4 Å². The number of benzene rings is 2. The maximum atomic E-state index is 13.2. The van der Waals surface area contributed by atoms with Crippen LogP contribution in [0.25, 0.3) is 33.4 Å². The highest BCUT2D eigenvalue weighted by Gasteiger charge is 2.25. The number of anilines is 2. The van der Waals surface area contributed by atoms with Crippen LogP contribution in [0.5, 0.6) is 0 Å². The number of methoxy groups -OCH3 is 1. The third-order valence-electron chi connectivity index (χ3n) is 7.22. The van der Waals surface area contributed by atoms with Crippen LogP contribution >= 0.6 is 0 Å². The lowest BCUT2D eigenvalue weighted by Crippen LogP contribution is -2.42. The van der Waals surface area contributed by atoms with E-state index in [1.165, 1.54) is 6.33 Å². The van der Waals surface area contributed by atoms with Crippen molar-refractivity contribution in [2.75, 3.05) is 31.2 Å². The fraction of sp³-hybridized carbons (Fsp3) is 0.267. The van der Waals surface area contributed by atoms with Gasteiger partial charge in [0.25, 0.3) is 11.8 Å². The summed E-state index contributed by atoms with van der Waals surface area (Å²) < 4.78 is 7.47. The molecule has 3 N–H and O–H groups in total. The molecule has 1 saturated heterocycles. The Morgan fingerprint density at radius 1 is 1.08 bits per heavy atom. The van der Waals surface area contributed by atoms with Crippen LogP contribution in [-0.4, -0.2) is 57.6 Å². The number of aryl methyl sites for hydroxylation is 1. The molecule has 2 amide bonds. The molecule has 1 aliphatic rings. The number of nitrogens with one attached hydrogen (secondary N) is 1. The number of nitrogen functional groups attached to an aromatic ring is 1. The number of amides is 2. The molecule has 39 heavy (non-hydrogen) atoms. The van der Waals surface area contributed by atoms with Crippen molar-refractivity contribution in [1.82, 2.24) is 19.4 Å². The van der Waals surface area contributed by atoms with Crippen LogP contribution in [-0.2, 0) is 16.6 Å². The summed E-state index contributed by atoms with van der Waals surface area (Å²) in [6.45, 7) is 6.68. The number of carbonyl (C=O) groups excluding carboxylic acids is 2. The van der Waals surface area contributed by atoms with Crippen molar-refractivity contribution in [1.29, 1.82) is 0 Å². The molecule has 2 aromatic heterocycles. The molecular weight excluding hydrogens is 492 g/mol. The van der Waals surface area contributed by atoms with E-state index in [4.69, 9.17) is 10.5 Å². The number of fused-ring (bicyclic) bond motifs is 1. The quantitative estimate of drug-likeness (QED) is 0.355. The van der Waals surface area contributed by atoms with E-state index in [9.17, 15) is 9.59 Å². The molecule has 1 atom stereocenters. The third-order valence-corrected chi connectivity index (χ3v) is 7.22. The highest BCUT2D eigenvalue weighted by molar-refractivity contribution is 6.08. The van der Waals surface area contributed by atoms with Crippen LogP contribution < -0.4 is 11.1 Å². The summed E-state index contributed by atoms with van der Waals surface area (Å²) in [5, 5.41) is 3.58. The molecule has 9 heteroatoms. The molecule has 3 heterocycles. The van der Waals surface area contributed by atoms with Gasteiger partial charge in [0, 0.05) is 49.6 Å². The predicted molar refractivity (Wildman–Crippen MR) is 153 cm³/mol. The Hall–Kier alpha value is -4.50. The zero-order chi connectivity index (χ0) is 27.7. The van der Waals surface area contributed by atoms with Gasteiger partial charge >= 0.3 is 0 Å². The fourth-order valence-electron chi connectivity index (χ4n) is 5.12. The Bertz CT molecular complexity index is 1560. The van der Waals surface area contributed by atoms with E-state index >= 15 is 0 Å². The summed E-state index contributed by atoms with van der Waals surface area (Å²) in [5.41, 5.74) is 12.4. The topological polar surface area (TPSA) is 115 Å². The second kappa shape index (κ2) is 10.7. The molecular formula is C30H32N6O3. The second-order valence-corrected chi connectivity index (χ2v) is 9.88. The van der Waals surface area contributed by atoms with Gasteiger partial charge in [0.15, 0.2) is 0 Å². The molecule has 0 saturated carbocycles. The van der Waals surface area contributed by atoms with Crippen LogP contribution in [0.3, 0.4) is 0 Å². The maximum Gasteiger partial charge on any atom is 0.253 e. The normalized spacial score (nSPS) is 15.4. The summed E-state index contributed by atoms with van der Waals surface area (Å²) in [6, 6.07) is 15.2. The van der Waals surface area contributed by atoms with Gasteiger partial charge in [-0.3, -0.25) is 9.59 Å². The number of piperidine rings is 1. The van der Waals surface area contributed by atoms with Gasteiger partial charge in [-0.25, -0.2) is 9.97 Å². The molecule has 4 aromatic rings. The lowest BCUT2D eigenvalue weighted by Gasteiger charge is -2.32.